The number of aromatic nitrogens is 4. The zero-order chi connectivity index (χ0) is 19.3. The molecule has 1 aromatic carbocycles. The van der Waals surface area contributed by atoms with Crippen molar-refractivity contribution in [1.82, 2.24) is 25.7 Å². The van der Waals surface area contributed by atoms with Crippen LogP contribution < -0.4 is 5.32 Å². The molecule has 0 aliphatic carbocycles. The van der Waals surface area contributed by atoms with E-state index in [4.69, 9.17) is 4.74 Å². The summed E-state index contributed by atoms with van der Waals surface area (Å²) in [6.45, 7) is 6.81. The molecule has 2 N–H and O–H groups in total. The molecule has 138 valence electrons. The number of hydrogen-bond acceptors (Lipinski definition) is 7. The maximum Gasteiger partial charge on any atom is 0.408 e. The van der Waals surface area contributed by atoms with Crippen LogP contribution in [0.25, 0.3) is 11.4 Å². The molecule has 0 aliphatic rings. The van der Waals surface area contributed by atoms with E-state index >= 15 is 0 Å². The summed E-state index contributed by atoms with van der Waals surface area (Å²) >= 11 is 0. The molecule has 1 amide bonds. The van der Waals surface area contributed by atoms with Gasteiger partial charge in [-0.25, -0.2) is 9.59 Å². The molecule has 0 aliphatic heterocycles. The van der Waals surface area contributed by atoms with Crippen LogP contribution in [-0.4, -0.2) is 49.2 Å². The van der Waals surface area contributed by atoms with Crippen LogP contribution in [0.2, 0.25) is 0 Å². The average Bonchev–Trinajstić information content (AvgIpc) is 2.54. The van der Waals surface area contributed by atoms with Gasteiger partial charge in [-0.15, -0.1) is 20.4 Å². The van der Waals surface area contributed by atoms with Gasteiger partial charge in [-0.05, 0) is 33.3 Å². The van der Waals surface area contributed by atoms with Gasteiger partial charge in [0.1, 0.15) is 11.6 Å². The molecule has 0 radical (unpaired) electrons. The third-order valence-electron chi connectivity index (χ3n) is 3.22. The molecule has 0 saturated carbocycles. The maximum absolute atomic E-state index is 11.8. The Morgan fingerprint density at radius 1 is 1.12 bits per heavy atom. The quantitative estimate of drug-likeness (QED) is 0.827. The van der Waals surface area contributed by atoms with Gasteiger partial charge in [0.15, 0.2) is 5.82 Å². The molecule has 9 nitrogen and oxygen atoms in total. The number of benzene rings is 1. The van der Waals surface area contributed by atoms with Crippen molar-refractivity contribution in [2.75, 3.05) is 0 Å². The molecular formula is C17H21N5O4. The summed E-state index contributed by atoms with van der Waals surface area (Å²) in [5, 5.41) is 27.3. The number of hydrogen-bond donors (Lipinski definition) is 2. The molecular weight excluding hydrogens is 338 g/mol. The van der Waals surface area contributed by atoms with Gasteiger partial charge in [-0.2, -0.15) is 0 Å². The molecule has 2 aromatic rings. The summed E-state index contributed by atoms with van der Waals surface area (Å²) in [5.74, 6) is -0.290. The molecule has 2 rings (SSSR count). The van der Waals surface area contributed by atoms with E-state index in [0.29, 0.717) is 17.2 Å². The lowest BCUT2D eigenvalue weighted by molar-refractivity contribution is -0.139. The van der Waals surface area contributed by atoms with E-state index in [1.54, 1.807) is 52.0 Å². The van der Waals surface area contributed by atoms with E-state index < -0.39 is 23.7 Å². The molecule has 1 aromatic heterocycles. The van der Waals surface area contributed by atoms with Crippen LogP contribution in [0.15, 0.2) is 24.3 Å². The lowest BCUT2D eigenvalue weighted by Gasteiger charge is -2.22. The van der Waals surface area contributed by atoms with Crippen molar-refractivity contribution >= 4 is 12.1 Å². The highest BCUT2D eigenvalue weighted by molar-refractivity contribution is 5.80. The Morgan fingerprint density at radius 3 is 2.19 bits per heavy atom. The second-order valence-electron chi connectivity index (χ2n) is 6.71. The second-order valence-corrected chi connectivity index (χ2v) is 6.71. The smallest absolute Gasteiger partial charge is 0.408 e. The number of amides is 1. The van der Waals surface area contributed by atoms with Gasteiger partial charge in [0.2, 0.25) is 5.82 Å². The van der Waals surface area contributed by atoms with Gasteiger partial charge in [0.25, 0.3) is 0 Å². The summed E-state index contributed by atoms with van der Waals surface area (Å²) in [6, 6.07) is 5.87. The van der Waals surface area contributed by atoms with Gasteiger partial charge in [-0.1, -0.05) is 24.3 Å². The Balaban J connectivity index is 2.06. The second kappa shape index (κ2) is 7.85. The van der Waals surface area contributed by atoms with Gasteiger partial charge < -0.3 is 15.2 Å². The first-order chi connectivity index (χ1) is 12.1. The van der Waals surface area contributed by atoms with E-state index in [-0.39, 0.29) is 6.42 Å². The monoisotopic (exact) mass is 359 g/mol. The van der Waals surface area contributed by atoms with Crippen molar-refractivity contribution in [2.45, 2.75) is 45.8 Å². The summed E-state index contributed by atoms with van der Waals surface area (Å²) in [7, 11) is 0. The number of nitrogens with one attached hydrogen (secondary N) is 1. The van der Waals surface area contributed by atoms with Gasteiger partial charge in [0.05, 0.1) is 0 Å². The van der Waals surface area contributed by atoms with Crippen molar-refractivity contribution in [3.63, 3.8) is 0 Å². The van der Waals surface area contributed by atoms with Gasteiger partial charge in [0, 0.05) is 12.0 Å². The summed E-state index contributed by atoms with van der Waals surface area (Å²) in [4.78, 5) is 23.2. The SMILES string of the molecule is Cc1nnc(-c2ccc(CC(NC(=O)OC(C)(C)C)C(=O)O)cc2)nn1. The van der Waals surface area contributed by atoms with Crippen LogP contribution in [0, 0.1) is 6.92 Å². The number of aliphatic carboxylic acids is 1. The Labute approximate surface area is 150 Å². The van der Waals surface area contributed by atoms with E-state index in [0.717, 1.165) is 5.56 Å². The van der Waals surface area contributed by atoms with Crippen molar-refractivity contribution in [3.05, 3.63) is 35.7 Å². The molecule has 1 unspecified atom stereocenters. The highest BCUT2D eigenvalue weighted by Gasteiger charge is 2.24. The fraction of sp³-hybridized carbons (Fsp3) is 0.412. The van der Waals surface area contributed by atoms with Crippen LogP contribution in [-0.2, 0) is 16.0 Å². The molecule has 26 heavy (non-hydrogen) atoms. The first kappa shape index (κ1) is 19.2. The lowest BCUT2D eigenvalue weighted by Crippen LogP contribution is -2.44. The van der Waals surface area contributed by atoms with Crippen LogP contribution >= 0.6 is 0 Å². The van der Waals surface area contributed by atoms with Crippen molar-refractivity contribution < 1.29 is 19.4 Å². The minimum Gasteiger partial charge on any atom is -0.480 e. The van der Waals surface area contributed by atoms with Crippen LogP contribution in [0.3, 0.4) is 0 Å². The largest absolute Gasteiger partial charge is 0.480 e. The third-order valence-corrected chi connectivity index (χ3v) is 3.22. The first-order valence-electron chi connectivity index (χ1n) is 8.00. The minimum atomic E-state index is -1.14. The number of carboxylic acid groups (broad SMARTS) is 1. The summed E-state index contributed by atoms with van der Waals surface area (Å²) in [5.41, 5.74) is 0.733. The fourth-order valence-corrected chi connectivity index (χ4v) is 2.07. The van der Waals surface area contributed by atoms with E-state index in [1.165, 1.54) is 0 Å². The highest BCUT2D eigenvalue weighted by Crippen LogP contribution is 2.15. The van der Waals surface area contributed by atoms with Gasteiger partial charge in [-0.3, -0.25) is 0 Å². The van der Waals surface area contributed by atoms with E-state index in [9.17, 15) is 14.7 Å². The average molecular weight is 359 g/mol. The molecule has 0 bridgehead atoms. The topological polar surface area (TPSA) is 127 Å². The number of carbonyl (C=O) groups is 2. The van der Waals surface area contributed by atoms with E-state index in [2.05, 4.69) is 25.7 Å². The van der Waals surface area contributed by atoms with Crippen molar-refractivity contribution in [3.8, 4) is 11.4 Å². The third kappa shape index (κ3) is 5.76. The highest BCUT2D eigenvalue weighted by atomic mass is 16.6. The number of rotatable bonds is 5. The fourth-order valence-electron chi connectivity index (χ4n) is 2.07. The Morgan fingerprint density at radius 2 is 1.69 bits per heavy atom. The predicted molar refractivity (Wildman–Crippen MR) is 92.3 cm³/mol. The number of nitrogens with zero attached hydrogens (tertiary/aromatic N) is 4. The molecule has 9 heteroatoms. The minimum absolute atomic E-state index is 0.111. The Hall–Kier alpha value is -3.10. The first-order valence-corrected chi connectivity index (χ1v) is 8.00. The molecule has 1 atom stereocenters. The number of aryl methyl sites for hydroxylation is 1. The number of ether oxygens (including phenoxy) is 1. The normalized spacial score (nSPS) is 12.3. The Kier molecular flexibility index (Phi) is 5.81. The van der Waals surface area contributed by atoms with Gasteiger partial charge >= 0.3 is 12.1 Å². The lowest BCUT2D eigenvalue weighted by atomic mass is 10.0. The van der Waals surface area contributed by atoms with Crippen molar-refractivity contribution in [2.24, 2.45) is 0 Å². The van der Waals surface area contributed by atoms with E-state index in [1.807, 2.05) is 0 Å². The number of carbonyl (C=O) groups excluding carboxylic acids is 1. The predicted octanol–water partition coefficient (Wildman–Crippen LogP) is 1.76. The standard InChI is InChI=1S/C17H21N5O4/c1-10-19-21-14(22-20-10)12-7-5-11(6-8-12)9-13(15(23)24)18-16(25)26-17(2,3)4/h5-8,13H,9H2,1-4H3,(H,18,25)(H,23,24). The molecule has 1 heterocycles. The number of carboxylic acids is 1. The number of alkyl carbamates (subject to hydrolysis) is 1. The zero-order valence-corrected chi connectivity index (χ0v) is 15.1. The molecule has 0 saturated heterocycles. The van der Waals surface area contributed by atoms with Crippen LogP contribution in [0.5, 0.6) is 0 Å². The maximum atomic E-state index is 11.8. The van der Waals surface area contributed by atoms with Crippen LogP contribution in [0.4, 0.5) is 4.79 Å². The van der Waals surface area contributed by atoms with Crippen LogP contribution in [0.1, 0.15) is 32.2 Å². The Bertz CT molecular complexity index is 769. The van der Waals surface area contributed by atoms with Crippen molar-refractivity contribution in [1.29, 1.82) is 0 Å². The summed E-state index contributed by atoms with van der Waals surface area (Å²) < 4.78 is 5.10. The summed E-state index contributed by atoms with van der Waals surface area (Å²) in [6.07, 6.45) is -0.660. The molecule has 0 spiro atoms. The molecule has 0 fully saturated rings. The zero-order valence-electron chi connectivity index (χ0n) is 15.1.